The normalized spacial score (nSPS) is 9.89. The molecule has 0 saturated heterocycles. The summed E-state index contributed by atoms with van der Waals surface area (Å²) in [6, 6.07) is 5.23. The third-order valence-corrected chi connectivity index (χ3v) is 2.48. The minimum atomic E-state index is -1.09. The second-order valence-corrected chi connectivity index (χ2v) is 3.63. The number of benzene rings is 1. The van der Waals surface area contributed by atoms with Gasteiger partial charge in [-0.15, -0.1) is 0 Å². The maximum atomic E-state index is 11.7. The van der Waals surface area contributed by atoms with Gasteiger partial charge in [0.1, 0.15) is 11.9 Å². The number of carbonyl (C=O) groups is 1. The van der Waals surface area contributed by atoms with Crippen LogP contribution in [0.2, 0.25) is 0 Å². The summed E-state index contributed by atoms with van der Waals surface area (Å²) in [5.41, 5.74) is -0.588. The second-order valence-electron chi connectivity index (χ2n) is 3.63. The molecule has 0 fully saturated rings. The Labute approximate surface area is 128 Å². The summed E-state index contributed by atoms with van der Waals surface area (Å²) < 4.78 is 1.28. The number of carboxylic acid groups (broad SMARTS) is 1. The van der Waals surface area contributed by atoms with Crippen molar-refractivity contribution in [3.63, 3.8) is 0 Å². The molecule has 0 bridgehead atoms. The van der Waals surface area contributed by atoms with Crippen molar-refractivity contribution in [1.82, 2.24) is 4.57 Å². The summed E-state index contributed by atoms with van der Waals surface area (Å²) in [7, 11) is 0. The number of hydrogen-bond donors (Lipinski definition) is 1. The summed E-state index contributed by atoms with van der Waals surface area (Å²) in [5, 5.41) is 19.5. The molecule has 0 aliphatic heterocycles. The zero-order valence-electron chi connectivity index (χ0n) is 10.1. The molecule has 0 unspecified atom stereocenters. The number of pyridine rings is 1. The van der Waals surface area contributed by atoms with E-state index >= 15 is 0 Å². The van der Waals surface area contributed by atoms with Crippen LogP contribution < -0.4 is 35.0 Å². The maximum absolute atomic E-state index is 11.7. The van der Waals surface area contributed by atoms with Crippen LogP contribution in [0.3, 0.4) is 0 Å². The molecule has 0 spiro atoms. The fourth-order valence-electron chi connectivity index (χ4n) is 1.78. The van der Waals surface area contributed by atoms with Gasteiger partial charge in [-0.2, -0.15) is 0 Å². The van der Waals surface area contributed by atoms with Crippen molar-refractivity contribution < 1.29 is 44.4 Å². The van der Waals surface area contributed by atoms with Crippen molar-refractivity contribution in [3.8, 4) is 0 Å². The largest absolute Gasteiger partial charge is 1.00 e. The molecule has 92 valence electrons. The van der Waals surface area contributed by atoms with E-state index in [4.69, 9.17) is 5.11 Å². The number of fused-ring (bicyclic) bond motifs is 1. The van der Waals surface area contributed by atoms with Gasteiger partial charge in [0.15, 0.2) is 5.43 Å². The van der Waals surface area contributed by atoms with Crippen LogP contribution in [0.4, 0.5) is 5.69 Å². The molecule has 2 rings (SSSR count). The Morgan fingerprint density at radius 2 is 2.05 bits per heavy atom. The molecular weight excluding hydrogens is 263 g/mol. The minimum absolute atomic E-state index is 0. The number of aromatic nitrogens is 1. The van der Waals surface area contributed by atoms with Gasteiger partial charge in [-0.25, -0.2) is 0 Å². The zero-order valence-corrected chi connectivity index (χ0v) is 12.1. The first-order valence-electron chi connectivity index (χ1n) is 4.99. The van der Waals surface area contributed by atoms with Crippen LogP contribution in [-0.2, 0) is 11.3 Å². The van der Waals surface area contributed by atoms with E-state index in [9.17, 15) is 19.7 Å². The van der Waals surface area contributed by atoms with Crippen molar-refractivity contribution in [3.05, 3.63) is 50.8 Å². The predicted octanol–water partition coefficient (Wildman–Crippen LogP) is -2.00. The summed E-state index contributed by atoms with van der Waals surface area (Å²) in [6.07, 6.45) is 1.31. The Hall–Kier alpha value is -1.70. The van der Waals surface area contributed by atoms with E-state index < -0.39 is 16.3 Å². The van der Waals surface area contributed by atoms with Crippen molar-refractivity contribution >= 4 is 22.6 Å². The van der Waals surface area contributed by atoms with Crippen LogP contribution in [-0.4, -0.2) is 20.6 Å². The van der Waals surface area contributed by atoms with Gasteiger partial charge in [-0.1, -0.05) is 6.07 Å². The number of hydrogen-bond acceptors (Lipinski definition) is 4. The molecule has 0 saturated carbocycles. The zero-order chi connectivity index (χ0) is 13.3. The van der Waals surface area contributed by atoms with Crippen LogP contribution >= 0.6 is 0 Å². The molecule has 19 heavy (non-hydrogen) atoms. The van der Waals surface area contributed by atoms with E-state index in [-0.39, 0.29) is 52.7 Å². The first-order chi connectivity index (χ1) is 8.50. The first-order valence-corrected chi connectivity index (χ1v) is 4.99. The van der Waals surface area contributed by atoms with E-state index in [0.717, 1.165) is 6.07 Å². The van der Waals surface area contributed by atoms with Gasteiger partial charge >= 0.3 is 35.5 Å². The number of non-ortho nitro benzene ring substituents is 1. The molecule has 1 N–H and O–H groups in total. The maximum Gasteiger partial charge on any atom is 1.00 e. The average molecular weight is 271 g/mol. The van der Waals surface area contributed by atoms with Crippen molar-refractivity contribution in [2.45, 2.75) is 6.54 Å². The van der Waals surface area contributed by atoms with Gasteiger partial charge < -0.3 is 9.67 Å². The predicted molar refractivity (Wildman–Crippen MR) is 62.5 cm³/mol. The molecule has 0 aliphatic carbocycles. The molecule has 1 aromatic carbocycles. The van der Waals surface area contributed by atoms with Crippen LogP contribution in [0.5, 0.6) is 0 Å². The first kappa shape index (κ1) is 15.4. The number of nitrogens with zero attached hydrogens (tertiary/aromatic N) is 2. The molecule has 0 aliphatic rings. The molecule has 2 aromatic rings. The summed E-state index contributed by atoms with van der Waals surface area (Å²) in [4.78, 5) is 32.5. The number of nitro groups is 1. The molecule has 0 radical (unpaired) electrons. The van der Waals surface area contributed by atoms with Gasteiger partial charge in [0.2, 0.25) is 0 Å². The number of nitro benzene ring substituents is 1. The Bertz CT molecular complexity index is 710. The Morgan fingerprint density at radius 3 is 2.63 bits per heavy atom. The van der Waals surface area contributed by atoms with Crippen LogP contribution in [0.25, 0.3) is 10.9 Å². The monoisotopic (exact) mass is 271 g/mol. The summed E-state index contributed by atoms with van der Waals surface area (Å²) in [5.74, 6) is -1.09. The topological polar surface area (TPSA) is 102 Å². The van der Waals surface area contributed by atoms with Crippen molar-refractivity contribution in [2.75, 3.05) is 0 Å². The Balaban J connectivity index is 0.00000180. The van der Waals surface area contributed by atoms with E-state index in [1.54, 1.807) is 0 Å². The van der Waals surface area contributed by atoms with E-state index in [1.807, 2.05) is 0 Å². The molecule has 1 heterocycles. The van der Waals surface area contributed by atoms with E-state index in [1.165, 1.54) is 29.0 Å². The average Bonchev–Trinajstić information content (AvgIpc) is 2.31. The quantitative estimate of drug-likeness (QED) is 0.395. The minimum Gasteiger partial charge on any atom is -0.480 e. The number of aliphatic carboxylic acids is 1. The smallest absolute Gasteiger partial charge is 0.480 e. The molecule has 7 nitrogen and oxygen atoms in total. The summed E-state index contributed by atoms with van der Waals surface area (Å²) in [6.45, 7) is -0.363. The third kappa shape index (κ3) is 3.01. The Kier molecular flexibility index (Phi) is 4.82. The molecular formula is C11H8N2NaO5+. The molecule has 1 aromatic heterocycles. The van der Waals surface area contributed by atoms with Crippen molar-refractivity contribution in [2.24, 2.45) is 0 Å². The number of carboxylic acids is 1. The van der Waals surface area contributed by atoms with Crippen LogP contribution in [0.15, 0.2) is 35.3 Å². The molecule has 0 atom stereocenters. The molecule has 8 heteroatoms. The van der Waals surface area contributed by atoms with E-state index in [2.05, 4.69) is 0 Å². The standard InChI is InChI=1S/C11H8N2O5.Na/c14-9-4-5-12(6-10(15)16)7-2-1-3-8(11(7)9)13(17)18;/h1-5H,6H2,(H,15,16);/q;+1. The van der Waals surface area contributed by atoms with Crippen LogP contribution in [0.1, 0.15) is 0 Å². The molecule has 0 amide bonds. The Morgan fingerprint density at radius 1 is 1.37 bits per heavy atom. The summed E-state index contributed by atoms with van der Waals surface area (Å²) >= 11 is 0. The fourth-order valence-corrected chi connectivity index (χ4v) is 1.78. The fraction of sp³-hybridized carbons (Fsp3) is 0.0909. The van der Waals surface area contributed by atoms with Gasteiger partial charge in [0.05, 0.1) is 10.4 Å². The van der Waals surface area contributed by atoms with Gasteiger partial charge in [0.25, 0.3) is 5.69 Å². The third-order valence-electron chi connectivity index (χ3n) is 2.48. The van der Waals surface area contributed by atoms with Crippen LogP contribution in [0, 0.1) is 10.1 Å². The second kappa shape index (κ2) is 5.96. The van der Waals surface area contributed by atoms with Gasteiger partial charge in [-0.3, -0.25) is 19.7 Å². The van der Waals surface area contributed by atoms with E-state index in [0.29, 0.717) is 0 Å². The van der Waals surface area contributed by atoms with Gasteiger partial charge in [-0.05, 0) is 6.07 Å². The van der Waals surface area contributed by atoms with Gasteiger partial charge in [0, 0.05) is 18.3 Å². The SMILES string of the molecule is O=C(O)Cn1ccc(=O)c2c([N+](=O)[O-])cccc21.[Na+]. The number of rotatable bonds is 3. The van der Waals surface area contributed by atoms with Crippen molar-refractivity contribution in [1.29, 1.82) is 0 Å².